The van der Waals surface area contributed by atoms with Crippen LogP contribution in [-0.4, -0.2) is 83.2 Å². The van der Waals surface area contributed by atoms with Crippen LogP contribution in [0.4, 0.5) is 14.7 Å². The van der Waals surface area contributed by atoms with E-state index in [1.54, 1.807) is 51.5 Å². The molecule has 1 saturated carbocycles. The van der Waals surface area contributed by atoms with E-state index < -0.39 is 67.8 Å². The summed E-state index contributed by atoms with van der Waals surface area (Å²) in [6.45, 7) is 2.68. The van der Waals surface area contributed by atoms with Crippen LogP contribution in [0.5, 0.6) is 23.1 Å². The highest BCUT2D eigenvalue weighted by Gasteiger charge is 2.66. The van der Waals surface area contributed by atoms with E-state index in [-0.39, 0.29) is 41.5 Å². The fourth-order valence-electron chi connectivity index (χ4n) is 11.8. The third kappa shape index (κ3) is 12.3. The van der Waals surface area contributed by atoms with E-state index >= 15 is 13.3 Å². The van der Waals surface area contributed by atoms with Crippen LogP contribution >= 0.6 is 7.75 Å². The van der Waals surface area contributed by atoms with Gasteiger partial charge in [0.2, 0.25) is 17.7 Å². The summed E-state index contributed by atoms with van der Waals surface area (Å²) in [4.78, 5) is 28.3. The van der Waals surface area contributed by atoms with Gasteiger partial charge in [0.1, 0.15) is 47.1 Å². The molecule has 7 aromatic carbocycles. The molecule has 1 unspecified atom stereocenters. The lowest BCUT2D eigenvalue weighted by atomic mass is 9.77. The Morgan fingerprint density at radius 3 is 1.72 bits per heavy atom. The largest absolute Gasteiger partial charge is 0.497 e. The Balaban J connectivity index is 1.04. The molecular formula is C68H69F2N6O10P. The molecule has 2 aromatic heterocycles. The Labute approximate surface area is 504 Å². The van der Waals surface area contributed by atoms with Gasteiger partial charge in [-0.25, -0.2) is 18.3 Å². The minimum atomic E-state index is -4.82. The van der Waals surface area contributed by atoms with Crippen molar-refractivity contribution in [2.45, 2.75) is 87.5 Å². The first-order chi connectivity index (χ1) is 42.2. The molecule has 2 aliphatic rings. The summed E-state index contributed by atoms with van der Waals surface area (Å²) in [5, 5.41) is 6.38. The van der Waals surface area contributed by atoms with Gasteiger partial charge in [0.25, 0.3) is 0 Å². The Hall–Kier alpha value is -8.51. The molecule has 16 nitrogen and oxygen atoms in total. The quantitative estimate of drug-likeness (QED) is 0.0314. The van der Waals surface area contributed by atoms with Crippen LogP contribution in [0.3, 0.4) is 0 Å². The Bertz CT molecular complexity index is 3700. The number of fused-ring (bicyclic) bond motifs is 1. The zero-order valence-electron chi connectivity index (χ0n) is 49.0. The summed E-state index contributed by atoms with van der Waals surface area (Å²) >= 11 is 0. The average molecular weight is 1200 g/mol. The number of ether oxygens (including phenoxy) is 6. The van der Waals surface area contributed by atoms with E-state index in [1.807, 2.05) is 158 Å². The van der Waals surface area contributed by atoms with Crippen molar-refractivity contribution >= 4 is 30.8 Å². The second-order valence-electron chi connectivity index (χ2n) is 21.7. The SMILES string of the molecule is CCOc1nc(NC(c2ccccc2)(c2ccccc2)c2ccc(OC)cc2)nc2c1ncn2[C@@H]1O[C@](F)(COP(=O)(N[C@@H](C)C(=O)OC2CCCC2)Oc2ccccc2)[C@@H](COC(c2ccccc2)(c2ccccc2)c2ccc(OC)cc2)[C@@]1(C)F. The first-order valence-corrected chi connectivity index (χ1v) is 30.6. The van der Waals surface area contributed by atoms with Gasteiger partial charge in [-0.3, -0.25) is 13.9 Å². The summed E-state index contributed by atoms with van der Waals surface area (Å²) in [7, 11) is -1.66. The molecule has 2 fully saturated rings. The third-order valence-corrected chi connectivity index (χ3v) is 17.8. The van der Waals surface area contributed by atoms with E-state index in [2.05, 4.69) is 10.4 Å². The molecule has 87 heavy (non-hydrogen) atoms. The highest BCUT2D eigenvalue weighted by Crippen LogP contribution is 2.57. The lowest BCUT2D eigenvalue weighted by molar-refractivity contribution is -0.199. The van der Waals surface area contributed by atoms with Crippen molar-refractivity contribution < 1.29 is 55.6 Å². The van der Waals surface area contributed by atoms with Crippen molar-refractivity contribution in [2.24, 2.45) is 5.92 Å². The number of hydrogen-bond donors (Lipinski definition) is 2. The zero-order chi connectivity index (χ0) is 60.7. The van der Waals surface area contributed by atoms with E-state index in [0.29, 0.717) is 41.0 Å². The number of nitrogens with zero attached hydrogens (tertiary/aromatic N) is 4. The molecule has 19 heteroatoms. The van der Waals surface area contributed by atoms with Crippen molar-refractivity contribution in [3.8, 4) is 23.1 Å². The summed E-state index contributed by atoms with van der Waals surface area (Å²) in [5.41, 5.74) is -1.05. The standard InChI is InChI=1S/C68H69F2N6O10P/c1-6-81-61-59-60(72-64(73-61)74-67(48-24-12-7-13-25-48,49-26-14-8-15-27-49)50-36-40-54(79-4)41-37-50)76(46-71-59)63-65(3,69)58(44-82-68(51-28-16-9-17-29-51,52-30-18-10-19-31-52)53-38-42-55(80-5)43-39-53)66(70,85-63)45-83-87(78,86-57-34-20-11-21-35-57)75-47(2)62(77)84-56-32-22-23-33-56/h7-21,24-31,34-43,46-47,56,58,63H,6,22-23,32-33,44-45H2,1-5H3,(H,75,78)(H,72,73,74)/t47-,58-,63+,65+,66+,87?/m0/s1. The van der Waals surface area contributed by atoms with E-state index in [9.17, 15) is 4.79 Å². The predicted octanol–water partition coefficient (Wildman–Crippen LogP) is 13.9. The highest BCUT2D eigenvalue weighted by molar-refractivity contribution is 7.52. The fraction of sp³-hybridized carbons (Fsp3) is 0.294. The topological polar surface area (TPSA) is 176 Å². The molecule has 3 heterocycles. The molecule has 0 amide bonds. The number of anilines is 1. The van der Waals surface area contributed by atoms with Crippen LogP contribution in [0.2, 0.25) is 0 Å². The van der Waals surface area contributed by atoms with Gasteiger partial charge >= 0.3 is 13.7 Å². The minimum Gasteiger partial charge on any atom is -0.497 e. The lowest BCUT2D eigenvalue weighted by Crippen LogP contribution is -2.47. The fourth-order valence-corrected chi connectivity index (χ4v) is 13.3. The van der Waals surface area contributed by atoms with Crippen LogP contribution in [-0.2, 0) is 39.2 Å². The predicted molar refractivity (Wildman–Crippen MR) is 326 cm³/mol. The van der Waals surface area contributed by atoms with Gasteiger partial charge in [0.05, 0.1) is 39.7 Å². The number of rotatable bonds is 25. The Kier molecular flexibility index (Phi) is 17.9. The van der Waals surface area contributed by atoms with Crippen molar-refractivity contribution in [3.63, 3.8) is 0 Å². The maximum Gasteiger partial charge on any atom is 0.459 e. The first-order valence-electron chi connectivity index (χ1n) is 29.1. The summed E-state index contributed by atoms with van der Waals surface area (Å²) in [6.07, 6.45) is 2.24. The monoisotopic (exact) mass is 1200 g/mol. The number of esters is 1. The number of alkyl halides is 2. The number of aromatic nitrogens is 4. The number of nitrogens with one attached hydrogen (secondary N) is 2. The van der Waals surface area contributed by atoms with Crippen molar-refractivity contribution in [2.75, 3.05) is 39.4 Å². The lowest BCUT2D eigenvalue weighted by Gasteiger charge is -2.39. The molecule has 2 N–H and O–H groups in total. The maximum atomic E-state index is 19.5. The van der Waals surface area contributed by atoms with Crippen LogP contribution in [0.1, 0.15) is 86.1 Å². The number of carbonyl (C=O) groups is 1. The molecule has 1 aliphatic heterocycles. The maximum absolute atomic E-state index is 19.5. The molecule has 6 atom stereocenters. The Morgan fingerprint density at radius 2 is 1.20 bits per heavy atom. The number of imidazole rings is 1. The highest BCUT2D eigenvalue weighted by atomic mass is 31.2. The number of para-hydroxylation sites is 1. The molecule has 0 spiro atoms. The summed E-state index contributed by atoms with van der Waals surface area (Å²) < 4.78 is 105. The first kappa shape index (κ1) is 60.2. The number of carbonyl (C=O) groups excluding carboxylic acids is 1. The van der Waals surface area contributed by atoms with Crippen molar-refractivity contribution in [1.82, 2.24) is 24.6 Å². The normalized spacial score (nSPS) is 19.9. The van der Waals surface area contributed by atoms with Gasteiger partial charge in [-0.15, -0.1) is 0 Å². The van der Waals surface area contributed by atoms with Crippen LogP contribution in [0.15, 0.2) is 207 Å². The van der Waals surface area contributed by atoms with Crippen LogP contribution in [0, 0.1) is 5.92 Å². The van der Waals surface area contributed by atoms with Gasteiger partial charge in [-0.05, 0) is 116 Å². The molecule has 1 saturated heterocycles. The number of methoxy groups -OCH3 is 2. The molecule has 450 valence electrons. The van der Waals surface area contributed by atoms with Crippen molar-refractivity contribution in [3.05, 3.63) is 240 Å². The van der Waals surface area contributed by atoms with Crippen LogP contribution in [0.25, 0.3) is 11.2 Å². The molecule has 0 bridgehead atoms. The number of halogens is 2. The third-order valence-electron chi connectivity index (χ3n) is 16.2. The summed E-state index contributed by atoms with van der Waals surface area (Å²) in [6, 6.07) is 59.9. The molecule has 9 aromatic rings. The molecule has 0 radical (unpaired) electrons. The average Bonchev–Trinajstić information content (AvgIpc) is 2.12. The van der Waals surface area contributed by atoms with Crippen LogP contribution < -0.4 is 29.1 Å². The molecular weight excluding hydrogens is 1130 g/mol. The molecule has 1 aliphatic carbocycles. The summed E-state index contributed by atoms with van der Waals surface area (Å²) in [5.74, 6) is -4.50. The second-order valence-corrected chi connectivity index (χ2v) is 23.4. The van der Waals surface area contributed by atoms with E-state index in [0.717, 1.165) is 29.5 Å². The van der Waals surface area contributed by atoms with Gasteiger partial charge in [-0.2, -0.15) is 15.1 Å². The smallest absolute Gasteiger partial charge is 0.459 e. The van der Waals surface area contributed by atoms with E-state index in [1.165, 1.54) is 36.9 Å². The van der Waals surface area contributed by atoms with Gasteiger partial charge in [0.15, 0.2) is 23.1 Å². The second kappa shape index (κ2) is 25.8. The number of hydrogen-bond acceptors (Lipinski definition) is 14. The molecule has 11 rings (SSSR count). The van der Waals surface area contributed by atoms with Crippen molar-refractivity contribution in [1.29, 1.82) is 0 Å². The minimum absolute atomic E-state index is 0.00918. The van der Waals surface area contributed by atoms with Gasteiger partial charge < -0.3 is 38.3 Å². The Morgan fingerprint density at radius 1 is 0.701 bits per heavy atom. The number of benzene rings is 7. The van der Waals surface area contributed by atoms with Gasteiger partial charge in [-0.1, -0.05) is 164 Å². The van der Waals surface area contributed by atoms with E-state index in [4.69, 9.17) is 52.4 Å². The van der Waals surface area contributed by atoms with Gasteiger partial charge in [0, 0.05) is 0 Å². The zero-order valence-corrected chi connectivity index (χ0v) is 49.9.